The number of nitrogens with zero attached hydrogens (tertiary/aromatic N) is 1. The van der Waals surface area contributed by atoms with Crippen LogP contribution in [0.3, 0.4) is 0 Å². The maximum atomic E-state index is 13.2. The molecule has 0 aromatic heterocycles. The Morgan fingerprint density at radius 1 is 1.04 bits per heavy atom. The summed E-state index contributed by atoms with van der Waals surface area (Å²) in [5.41, 5.74) is 1.18. The first-order valence-corrected chi connectivity index (χ1v) is 8.21. The topological polar surface area (TPSA) is 49.8 Å². The summed E-state index contributed by atoms with van der Waals surface area (Å²) in [5.74, 6) is 0. The summed E-state index contributed by atoms with van der Waals surface area (Å²) in [6.07, 6.45) is -8.91. The van der Waals surface area contributed by atoms with Gasteiger partial charge in [0.05, 0.1) is 0 Å². The number of hydrogen-bond donors (Lipinski definition) is 1. The monoisotopic (exact) mass is 365 g/mol. The van der Waals surface area contributed by atoms with Gasteiger partial charge in [0.25, 0.3) is 0 Å². The number of hydrogen-bond acceptors (Lipinski definition) is 3. The molecule has 1 saturated heterocycles. The Balaban J connectivity index is 1.86. The van der Waals surface area contributed by atoms with Crippen LogP contribution in [0.15, 0.2) is 60.7 Å². The Morgan fingerprint density at radius 3 is 2.19 bits per heavy atom. The van der Waals surface area contributed by atoms with E-state index in [0.717, 1.165) is 10.5 Å². The zero-order valence-corrected chi connectivity index (χ0v) is 13.8. The Hall–Kier alpha value is -2.54. The molecule has 0 radical (unpaired) electrons. The summed E-state index contributed by atoms with van der Waals surface area (Å²) in [4.78, 5) is 13.2. The molecule has 2 aromatic carbocycles. The van der Waals surface area contributed by atoms with Crippen LogP contribution >= 0.6 is 0 Å². The van der Waals surface area contributed by atoms with Crippen molar-refractivity contribution in [2.45, 2.75) is 37.3 Å². The minimum atomic E-state index is -4.86. The number of para-hydroxylation sites is 1. The fourth-order valence-electron chi connectivity index (χ4n) is 3.13. The molecule has 1 aliphatic heterocycles. The van der Waals surface area contributed by atoms with E-state index in [1.54, 1.807) is 18.2 Å². The molecule has 3 rings (SSSR count). The van der Waals surface area contributed by atoms with Gasteiger partial charge in [-0.15, -0.1) is 0 Å². The van der Waals surface area contributed by atoms with Crippen molar-refractivity contribution in [3.63, 3.8) is 0 Å². The standard InChI is InChI=1S/C19H18F3NO3/c20-19(21,22)17(24)16-15(12-11-13-7-3-1-4-8-13)26-18(25)23(16)14-9-5-2-6-10-14/h1-10,15-17,24H,11-12H2/t15-,16-,17-/m0/s1. The lowest BCUT2D eigenvalue weighted by molar-refractivity contribution is -0.212. The Labute approximate surface area is 148 Å². The van der Waals surface area contributed by atoms with Gasteiger partial charge in [-0.1, -0.05) is 48.5 Å². The van der Waals surface area contributed by atoms with E-state index in [4.69, 9.17) is 4.74 Å². The van der Waals surface area contributed by atoms with Crippen molar-refractivity contribution >= 4 is 11.8 Å². The molecule has 2 aromatic rings. The number of carbonyl (C=O) groups excluding carboxylic acids is 1. The van der Waals surface area contributed by atoms with Crippen molar-refractivity contribution in [2.75, 3.05) is 4.90 Å². The molecule has 1 amide bonds. The second kappa shape index (κ2) is 7.37. The van der Waals surface area contributed by atoms with Gasteiger partial charge in [0, 0.05) is 5.69 Å². The van der Waals surface area contributed by atoms with Crippen LogP contribution in [-0.4, -0.2) is 35.6 Å². The van der Waals surface area contributed by atoms with Gasteiger partial charge in [-0.3, -0.25) is 4.90 Å². The lowest BCUT2D eigenvalue weighted by Gasteiger charge is -2.30. The second-order valence-corrected chi connectivity index (χ2v) is 6.13. The molecule has 26 heavy (non-hydrogen) atoms. The van der Waals surface area contributed by atoms with Crippen LogP contribution < -0.4 is 4.90 Å². The highest BCUT2D eigenvalue weighted by Crippen LogP contribution is 2.36. The molecule has 138 valence electrons. The van der Waals surface area contributed by atoms with E-state index in [2.05, 4.69) is 0 Å². The molecule has 4 nitrogen and oxygen atoms in total. The van der Waals surface area contributed by atoms with Crippen molar-refractivity contribution in [1.82, 2.24) is 0 Å². The van der Waals surface area contributed by atoms with E-state index in [1.165, 1.54) is 12.1 Å². The number of halogens is 3. The number of aliphatic hydroxyl groups excluding tert-OH is 1. The number of rotatable bonds is 5. The van der Waals surface area contributed by atoms with Crippen molar-refractivity contribution in [3.05, 3.63) is 66.2 Å². The minimum Gasteiger partial charge on any atom is -0.443 e. The number of alkyl halides is 3. The first-order chi connectivity index (χ1) is 12.4. The molecule has 3 atom stereocenters. The highest BCUT2D eigenvalue weighted by molar-refractivity contribution is 5.90. The third-order valence-corrected chi connectivity index (χ3v) is 4.38. The summed E-state index contributed by atoms with van der Waals surface area (Å²) in [7, 11) is 0. The number of benzene rings is 2. The predicted molar refractivity (Wildman–Crippen MR) is 89.8 cm³/mol. The van der Waals surface area contributed by atoms with Crippen molar-refractivity contribution in [3.8, 4) is 0 Å². The fraction of sp³-hybridized carbons (Fsp3) is 0.316. The van der Waals surface area contributed by atoms with Gasteiger partial charge in [0.15, 0.2) is 6.10 Å². The van der Waals surface area contributed by atoms with E-state index < -0.39 is 30.5 Å². The van der Waals surface area contributed by atoms with Crippen LogP contribution in [0, 0.1) is 0 Å². The van der Waals surface area contributed by atoms with Crippen molar-refractivity contribution in [2.24, 2.45) is 0 Å². The molecular weight excluding hydrogens is 347 g/mol. The van der Waals surface area contributed by atoms with Gasteiger partial charge in [-0.2, -0.15) is 13.2 Å². The zero-order chi connectivity index (χ0) is 18.7. The molecule has 1 N–H and O–H groups in total. The molecular formula is C19H18F3NO3. The number of aryl methyl sites for hydroxylation is 1. The normalized spacial score (nSPS) is 21.5. The van der Waals surface area contributed by atoms with Gasteiger partial charge in [-0.05, 0) is 30.5 Å². The number of amides is 1. The molecule has 1 heterocycles. The van der Waals surface area contributed by atoms with Crippen LogP contribution in [0.5, 0.6) is 0 Å². The van der Waals surface area contributed by atoms with E-state index in [0.29, 0.717) is 6.42 Å². The zero-order valence-electron chi connectivity index (χ0n) is 13.8. The lowest BCUT2D eigenvalue weighted by atomic mass is 9.97. The van der Waals surface area contributed by atoms with E-state index >= 15 is 0 Å². The fourth-order valence-corrected chi connectivity index (χ4v) is 3.13. The molecule has 0 spiro atoms. The maximum Gasteiger partial charge on any atom is 0.416 e. The Bertz CT molecular complexity index is 737. The summed E-state index contributed by atoms with van der Waals surface area (Å²) >= 11 is 0. The molecule has 1 fully saturated rings. The largest absolute Gasteiger partial charge is 0.443 e. The van der Waals surface area contributed by atoms with Gasteiger partial charge in [0.1, 0.15) is 12.1 Å². The van der Waals surface area contributed by atoms with E-state index in [1.807, 2.05) is 30.3 Å². The van der Waals surface area contributed by atoms with Crippen LogP contribution in [0.4, 0.5) is 23.7 Å². The molecule has 0 unspecified atom stereocenters. The predicted octanol–water partition coefficient (Wildman–Crippen LogP) is 3.94. The lowest BCUT2D eigenvalue weighted by Crippen LogP contribution is -2.52. The SMILES string of the molecule is O=C1O[C@@H](CCc2ccccc2)[C@@H]([C@H](O)C(F)(F)F)N1c1ccccc1. The molecule has 7 heteroatoms. The van der Waals surface area contributed by atoms with Gasteiger partial charge >= 0.3 is 12.3 Å². The van der Waals surface area contributed by atoms with E-state index in [-0.39, 0.29) is 12.1 Å². The van der Waals surface area contributed by atoms with Crippen LogP contribution in [-0.2, 0) is 11.2 Å². The van der Waals surface area contributed by atoms with Gasteiger partial charge in [0.2, 0.25) is 0 Å². The van der Waals surface area contributed by atoms with Crippen LogP contribution in [0.2, 0.25) is 0 Å². The summed E-state index contributed by atoms with van der Waals surface area (Å²) < 4.78 is 44.8. The number of ether oxygens (including phenoxy) is 1. The smallest absolute Gasteiger partial charge is 0.416 e. The maximum absolute atomic E-state index is 13.2. The van der Waals surface area contributed by atoms with Crippen molar-refractivity contribution in [1.29, 1.82) is 0 Å². The summed E-state index contributed by atoms with van der Waals surface area (Å²) in [6, 6.07) is 15.6. The van der Waals surface area contributed by atoms with Crippen molar-refractivity contribution < 1.29 is 27.8 Å². The van der Waals surface area contributed by atoms with Crippen LogP contribution in [0.1, 0.15) is 12.0 Å². The van der Waals surface area contributed by atoms with Gasteiger partial charge < -0.3 is 9.84 Å². The molecule has 0 saturated carbocycles. The van der Waals surface area contributed by atoms with E-state index in [9.17, 15) is 23.1 Å². The highest BCUT2D eigenvalue weighted by atomic mass is 19.4. The number of anilines is 1. The minimum absolute atomic E-state index is 0.177. The molecule has 1 aliphatic rings. The third kappa shape index (κ3) is 3.83. The average molecular weight is 365 g/mol. The number of cyclic esters (lactones) is 1. The summed E-state index contributed by atoms with van der Waals surface area (Å²) in [6.45, 7) is 0. The van der Waals surface area contributed by atoms with Gasteiger partial charge in [-0.25, -0.2) is 4.79 Å². The number of aliphatic hydroxyl groups is 1. The Morgan fingerprint density at radius 2 is 1.62 bits per heavy atom. The molecule has 0 bridgehead atoms. The first kappa shape index (κ1) is 18.3. The second-order valence-electron chi connectivity index (χ2n) is 6.13. The average Bonchev–Trinajstić information content (AvgIpc) is 2.96. The number of carbonyl (C=O) groups is 1. The van der Waals surface area contributed by atoms with Crippen LogP contribution in [0.25, 0.3) is 0 Å². The Kier molecular flexibility index (Phi) is 5.18. The third-order valence-electron chi connectivity index (χ3n) is 4.38. The summed E-state index contributed by atoms with van der Waals surface area (Å²) in [5, 5.41) is 9.90. The first-order valence-electron chi connectivity index (χ1n) is 8.21. The highest BCUT2D eigenvalue weighted by Gasteiger charge is 2.55. The quantitative estimate of drug-likeness (QED) is 0.873. The molecule has 0 aliphatic carbocycles.